The maximum absolute atomic E-state index is 11.5. The molecule has 0 saturated carbocycles. The van der Waals surface area contributed by atoms with Crippen LogP contribution in [0.3, 0.4) is 0 Å². The van der Waals surface area contributed by atoms with E-state index in [9.17, 15) is 9.59 Å². The fourth-order valence-electron chi connectivity index (χ4n) is 0.775. The number of rotatable bonds is 1. The summed E-state index contributed by atoms with van der Waals surface area (Å²) in [6.07, 6.45) is 1.60. The average molecular weight is 213 g/mol. The lowest BCUT2D eigenvalue weighted by molar-refractivity contribution is 0.0960. The Morgan fingerprint density at radius 3 is 2.57 bits per heavy atom. The predicted molar refractivity (Wildman–Crippen MR) is 53.4 cm³/mol. The van der Waals surface area contributed by atoms with E-state index < -0.39 is 11.9 Å². The van der Waals surface area contributed by atoms with Crippen LogP contribution in [0.15, 0.2) is 6.20 Å². The molecule has 1 rings (SSSR count). The normalized spacial score (nSPS) is 9.64. The molecule has 0 aromatic carbocycles. The first-order valence-electron chi connectivity index (χ1n) is 3.96. The zero-order valence-electron chi connectivity index (χ0n) is 8.20. The number of urea groups is 1. The van der Waals surface area contributed by atoms with E-state index in [2.05, 4.69) is 9.69 Å². The minimum absolute atomic E-state index is 0.399. The highest BCUT2D eigenvalue weighted by atomic mass is 32.1. The highest BCUT2D eigenvalue weighted by molar-refractivity contribution is 7.08. The first kappa shape index (κ1) is 10.6. The van der Waals surface area contributed by atoms with Crippen LogP contribution < -0.4 is 5.32 Å². The molecule has 0 spiro atoms. The Morgan fingerprint density at radius 1 is 1.50 bits per heavy atom. The van der Waals surface area contributed by atoms with E-state index in [-0.39, 0.29) is 0 Å². The van der Waals surface area contributed by atoms with Gasteiger partial charge in [0.1, 0.15) is 4.88 Å². The number of aromatic nitrogens is 1. The fourth-order valence-corrected chi connectivity index (χ4v) is 1.42. The minimum atomic E-state index is -0.428. The van der Waals surface area contributed by atoms with Gasteiger partial charge in [-0.3, -0.25) is 10.1 Å². The number of hydrogen-bond donors (Lipinski definition) is 1. The van der Waals surface area contributed by atoms with Gasteiger partial charge in [0, 0.05) is 20.3 Å². The van der Waals surface area contributed by atoms with Gasteiger partial charge in [-0.25, -0.2) is 9.17 Å². The monoisotopic (exact) mass is 213 g/mol. The summed E-state index contributed by atoms with van der Waals surface area (Å²) in [4.78, 5) is 24.4. The molecule has 76 valence electrons. The topological polar surface area (TPSA) is 62.3 Å². The van der Waals surface area contributed by atoms with E-state index in [1.807, 2.05) is 0 Å². The molecular weight excluding hydrogens is 202 g/mol. The van der Waals surface area contributed by atoms with Gasteiger partial charge in [0.05, 0.1) is 0 Å². The quantitative estimate of drug-likeness (QED) is 0.752. The summed E-state index contributed by atoms with van der Waals surface area (Å²) in [6, 6.07) is -0.428. The first-order valence-corrected chi connectivity index (χ1v) is 4.73. The highest BCUT2D eigenvalue weighted by Crippen LogP contribution is 2.11. The van der Waals surface area contributed by atoms with Crippen molar-refractivity contribution in [1.29, 1.82) is 0 Å². The molecule has 0 saturated heterocycles. The number of nitrogens with one attached hydrogen (secondary N) is 1. The van der Waals surface area contributed by atoms with Crippen molar-refractivity contribution in [2.75, 3.05) is 14.1 Å². The summed E-state index contributed by atoms with van der Waals surface area (Å²) in [5.74, 6) is -0.399. The summed E-state index contributed by atoms with van der Waals surface area (Å²) in [5, 5.41) is 2.24. The molecule has 1 heterocycles. The Labute approximate surface area is 85.9 Å². The Kier molecular flexibility index (Phi) is 3.19. The molecule has 6 heteroatoms. The first-order chi connectivity index (χ1) is 6.52. The molecule has 0 fully saturated rings. The molecule has 0 aliphatic rings. The lowest BCUT2D eigenvalue weighted by Crippen LogP contribution is -2.38. The van der Waals surface area contributed by atoms with Crippen LogP contribution in [0.2, 0.25) is 0 Å². The van der Waals surface area contributed by atoms with Crippen LogP contribution in [0, 0.1) is 6.92 Å². The van der Waals surface area contributed by atoms with Gasteiger partial charge in [-0.15, -0.1) is 0 Å². The second-order valence-electron chi connectivity index (χ2n) is 2.99. The van der Waals surface area contributed by atoms with E-state index in [4.69, 9.17) is 0 Å². The number of aryl methyl sites for hydroxylation is 1. The Morgan fingerprint density at radius 2 is 2.14 bits per heavy atom. The van der Waals surface area contributed by atoms with Crippen molar-refractivity contribution in [2.45, 2.75) is 6.92 Å². The molecule has 0 atom stereocenters. The highest BCUT2D eigenvalue weighted by Gasteiger charge is 2.15. The molecule has 0 aliphatic carbocycles. The van der Waals surface area contributed by atoms with E-state index in [0.29, 0.717) is 4.88 Å². The average Bonchev–Trinajstić information content (AvgIpc) is 2.51. The van der Waals surface area contributed by atoms with Crippen molar-refractivity contribution >= 4 is 23.5 Å². The lowest BCUT2D eigenvalue weighted by Gasteiger charge is -2.09. The zero-order valence-corrected chi connectivity index (χ0v) is 9.01. The summed E-state index contributed by atoms with van der Waals surface area (Å²) < 4.78 is 3.85. The molecule has 0 unspecified atom stereocenters. The van der Waals surface area contributed by atoms with Gasteiger partial charge >= 0.3 is 6.03 Å². The van der Waals surface area contributed by atoms with Gasteiger partial charge < -0.3 is 4.90 Å². The molecule has 1 N–H and O–H groups in total. The van der Waals surface area contributed by atoms with Crippen LogP contribution in [-0.2, 0) is 0 Å². The second-order valence-corrected chi connectivity index (χ2v) is 3.79. The Hall–Kier alpha value is -1.43. The van der Waals surface area contributed by atoms with Crippen molar-refractivity contribution in [3.8, 4) is 0 Å². The van der Waals surface area contributed by atoms with Crippen LogP contribution in [0.1, 0.15) is 15.2 Å². The van der Waals surface area contributed by atoms with Gasteiger partial charge in [-0.2, -0.15) is 0 Å². The number of hydrogen-bond acceptors (Lipinski definition) is 4. The number of imide groups is 1. The molecule has 1 aromatic rings. The molecule has 0 aliphatic heterocycles. The maximum atomic E-state index is 11.5. The largest absolute Gasteiger partial charge is 0.331 e. The van der Waals surface area contributed by atoms with E-state index in [1.165, 1.54) is 4.90 Å². The number of carbonyl (C=O) groups is 2. The third-order valence-electron chi connectivity index (χ3n) is 1.58. The molecule has 0 bridgehead atoms. The van der Waals surface area contributed by atoms with E-state index in [1.54, 1.807) is 27.2 Å². The molecular formula is C8H11N3O2S. The Balaban J connectivity index is 2.69. The summed E-state index contributed by atoms with van der Waals surface area (Å²) in [5.41, 5.74) is 0.777. The summed E-state index contributed by atoms with van der Waals surface area (Å²) in [6.45, 7) is 1.78. The van der Waals surface area contributed by atoms with Crippen molar-refractivity contribution < 1.29 is 9.59 Å². The third-order valence-corrected chi connectivity index (χ3v) is 2.48. The SMILES string of the molecule is Cc1cnsc1C(=O)NC(=O)N(C)C. The molecule has 1 aromatic heterocycles. The van der Waals surface area contributed by atoms with Gasteiger partial charge in [-0.1, -0.05) is 0 Å². The molecule has 0 radical (unpaired) electrons. The van der Waals surface area contributed by atoms with Crippen LogP contribution >= 0.6 is 11.5 Å². The van der Waals surface area contributed by atoms with Crippen molar-refractivity contribution in [3.63, 3.8) is 0 Å². The van der Waals surface area contributed by atoms with Gasteiger partial charge in [0.15, 0.2) is 0 Å². The summed E-state index contributed by atoms with van der Waals surface area (Å²) >= 11 is 1.08. The third kappa shape index (κ3) is 2.29. The minimum Gasteiger partial charge on any atom is -0.331 e. The van der Waals surface area contributed by atoms with Crippen molar-refractivity contribution in [2.24, 2.45) is 0 Å². The van der Waals surface area contributed by atoms with Gasteiger partial charge in [0.25, 0.3) is 5.91 Å². The van der Waals surface area contributed by atoms with Crippen LogP contribution in [0.4, 0.5) is 4.79 Å². The standard InChI is InChI=1S/C8H11N3O2S/c1-5-4-9-14-6(5)7(12)10-8(13)11(2)3/h4H,1-3H3,(H,10,12,13). The lowest BCUT2D eigenvalue weighted by atomic mass is 10.3. The Bertz CT molecular complexity index is 359. The van der Waals surface area contributed by atoms with Crippen LogP contribution in [0.25, 0.3) is 0 Å². The fraction of sp³-hybridized carbons (Fsp3) is 0.375. The second kappa shape index (κ2) is 4.19. The molecule has 5 nitrogen and oxygen atoms in total. The number of amides is 3. The van der Waals surface area contributed by atoms with Crippen LogP contribution in [-0.4, -0.2) is 35.3 Å². The van der Waals surface area contributed by atoms with Crippen molar-refractivity contribution in [1.82, 2.24) is 14.6 Å². The molecule has 14 heavy (non-hydrogen) atoms. The van der Waals surface area contributed by atoms with E-state index >= 15 is 0 Å². The number of carbonyl (C=O) groups excluding carboxylic acids is 2. The predicted octanol–water partition coefficient (Wildman–Crippen LogP) is 0.863. The van der Waals surface area contributed by atoms with Gasteiger partial charge in [-0.05, 0) is 24.0 Å². The zero-order chi connectivity index (χ0) is 10.7. The smallest absolute Gasteiger partial charge is 0.323 e. The van der Waals surface area contributed by atoms with Crippen LogP contribution in [0.5, 0.6) is 0 Å². The summed E-state index contributed by atoms with van der Waals surface area (Å²) in [7, 11) is 3.14. The molecule has 3 amide bonds. The van der Waals surface area contributed by atoms with Crippen molar-refractivity contribution in [3.05, 3.63) is 16.6 Å². The number of nitrogens with zero attached hydrogens (tertiary/aromatic N) is 2. The van der Waals surface area contributed by atoms with E-state index in [0.717, 1.165) is 17.1 Å². The van der Waals surface area contributed by atoms with Gasteiger partial charge in [0.2, 0.25) is 0 Å². The maximum Gasteiger partial charge on any atom is 0.323 e.